The Balaban J connectivity index is 1.88. The first-order chi connectivity index (χ1) is 17.0. The molecule has 0 saturated carbocycles. The SMILES string of the molecule is CCCCc1nc(O)c(C(=O)N2CCCC2c2ccccn2)c(O)c1-c1c(OC)cccc1OC. The molecule has 2 aromatic heterocycles. The van der Waals surface area contributed by atoms with Crippen LogP contribution in [0.25, 0.3) is 11.1 Å². The van der Waals surface area contributed by atoms with Crippen LogP contribution in [-0.4, -0.2) is 51.8 Å². The predicted molar refractivity (Wildman–Crippen MR) is 132 cm³/mol. The van der Waals surface area contributed by atoms with E-state index in [1.165, 1.54) is 14.2 Å². The summed E-state index contributed by atoms with van der Waals surface area (Å²) in [6.45, 7) is 2.54. The molecule has 4 rings (SSSR count). The summed E-state index contributed by atoms with van der Waals surface area (Å²) in [5.74, 6) is -0.365. The Hall–Kier alpha value is -3.81. The van der Waals surface area contributed by atoms with E-state index in [0.717, 1.165) is 31.4 Å². The van der Waals surface area contributed by atoms with Gasteiger partial charge in [-0.25, -0.2) is 4.98 Å². The molecule has 2 N–H and O–H groups in total. The van der Waals surface area contributed by atoms with Gasteiger partial charge in [0, 0.05) is 12.7 Å². The van der Waals surface area contributed by atoms with Gasteiger partial charge in [-0.05, 0) is 49.9 Å². The molecule has 0 bridgehead atoms. The lowest BCUT2D eigenvalue weighted by Gasteiger charge is -2.26. The minimum Gasteiger partial charge on any atom is -0.506 e. The number of benzene rings is 1. The normalized spacial score (nSPS) is 15.3. The van der Waals surface area contributed by atoms with E-state index in [1.54, 1.807) is 29.3 Å². The van der Waals surface area contributed by atoms with Gasteiger partial charge >= 0.3 is 0 Å². The third kappa shape index (κ3) is 4.60. The highest BCUT2D eigenvalue weighted by atomic mass is 16.5. The molecule has 3 heterocycles. The number of aromatic hydroxyl groups is 2. The van der Waals surface area contributed by atoms with Crippen molar-refractivity contribution in [2.24, 2.45) is 0 Å². The number of ether oxygens (including phenoxy) is 2. The van der Waals surface area contributed by atoms with Crippen LogP contribution in [0.1, 0.15) is 60.4 Å². The monoisotopic (exact) mass is 477 g/mol. The van der Waals surface area contributed by atoms with E-state index in [2.05, 4.69) is 9.97 Å². The maximum atomic E-state index is 13.8. The number of pyridine rings is 2. The molecule has 1 atom stereocenters. The van der Waals surface area contributed by atoms with E-state index < -0.39 is 11.8 Å². The summed E-state index contributed by atoms with van der Waals surface area (Å²) in [7, 11) is 3.06. The molecular weight excluding hydrogens is 446 g/mol. The number of amides is 1. The predicted octanol–water partition coefficient (Wildman–Crippen LogP) is 4.89. The molecule has 0 aliphatic carbocycles. The van der Waals surface area contributed by atoms with Crippen molar-refractivity contribution in [2.75, 3.05) is 20.8 Å². The Morgan fingerprint density at radius 2 is 1.83 bits per heavy atom. The summed E-state index contributed by atoms with van der Waals surface area (Å²) >= 11 is 0. The molecule has 1 aromatic carbocycles. The number of aromatic nitrogens is 2. The molecule has 3 aromatic rings. The lowest BCUT2D eigenvalue weighted by atomic mass is 9.95. The largest absolute Gasteiger partial charge is 0.506 e. The van der Waals surface area contributed by atoms with Crippen LogP contribution in [0.4, 0.5) is 0 Å². The summed E-state index contributed by atoms with van der Waals surface area (Å²) in [6.07, 6.45) is 5.43. The number of hydrogen-bond donors (Lipinski definition) is 2. The first kappa shape index (κ1) is 24.3. The van der Waals surface area contributed by atoms with Crippen LogP contribution in [-0.2, 0) is 6.42 Å². The average Bonchev–Trinajstić information content (AvgIpc) is 3.37. The summed E-state index contributed by atoms with van der Waals surface area (Å²) in [5, 5.41) is 22.4. The lowest BCUT2D eigenvalue weighted by Crippen LogP contribution is -2.31. The van der Waals surface area contributed by atoms with Crippen LogP contribution < -0.4 is 9.47 Å². The Kier molecular flexibility index (Phi) is 7.39. The number of hydrogen-bond acceptors (Lipinski definition) is 7. The van der Waals surface area contributed by atoms with Gasteiger partial charge in [0.1, 0.15) is 22.8 Å². The zero-order valence-corrected chi connectivity index (χ0v) is 20.3. The molecule has 1 fully saturated rings. The summed E-state index contributed by atoms with van der Waals surface area (Å²) in [5.41, 5.74) is 1.85. The fourth-order valence-electron chi connectivity index (χ4n) is 4.72. The van der Waals surface area contributed by atoms with E-state index in [1.807, 2.05) is 25.1 Å². The minimum absolute atomic E-state index is 0.226. The van der Waals surface area contributed by atoms with Crippen molar-refractivity contribution in [3.8, 4) is 34.3 Å². The van der Waals surface area contributed by atoms with E-state index in [0.29, 0.717) is 41.3 Å². The second-order valence-electron chi connectivity index (χ2n) is 8.53. The van der Waals surface area contributed by atoms with Gasteiger partial charge in [-0.15, -0.1) is 0 Å². The van der Waals surface area contributed by atoms with E-state index in [-0.39, 0.29) is 17.4 Å². The van der Waals surface area contributed by atoms with Crippen molar-refractivity contribution in [2.45, 2.75) is 45.1 Å². The van der Waals surface area contributed by atoms with Gasteiger partial charge in [0.2, 0.25) is 5.88 Å². The lowest BCUT2D eigenvalue weighted by molar-refractivity contribution is 0.0725. The van der Waals surface area contributed by atoms with Crippen molar-refractivity contribution in [3.05, 3.63) is 59.5 Å². The first-order valence-electron chi connectivity index (χ1n) is 11.9. The molecule has 8 nitrogen and oxygen atoms in total. The molecule has 1 amide bonds. The zero-order valence-electron chi connectivity index (χ0n) is 20.3. The van der Waals surface area contributed by atoms with Crippen molar-refractivity contribution in [3.63, 3.8) is 0 Å². The van der Waals surface area contributed by atoms with Crippen molar-refractivity contribution in [1.82, 2.24) is 14.9 Å². The molecule has 1 unspecified atom stereocenters. The Morgan fingerprint density at radius 1 is 1.09 bits per heavy atom. The maximum Gasteiger partial charge on any atom is 0.263 e. The number of unbranched alkanes of at least 4 members (excludes halogenated alkanes) is 1. The highest BCUT2D eigenvalue weighted by molar-refractivity contribution is 6.02. The third-order valence-corrected chi connectivity index (χ3v) is 6.43. The van der Waals surface area contributed by atoms with Crippen LogP contribution in [0.3, 0.4) is 0 Å². The second kappa shape index (κ2) is 10.6. The molecular formula is C27H31N3O5. The van der Waals surface area contributed by atoms with Crippen LogP contribution >= 0.6 is 0 Å². The van der Waals surface area contributed by atoms with Crippen LogP contribution in [0.15, 0.2) is 42.6 Å². The van der Waals surface area contributed by atoms with Crippen molar-refractivity contribution in [1.29, 1.82) is 0 Å². The summed E-state index contributed by atoms with van der Waals surface area (Å²) in [6, 6.07) is 10.6. The molecule has 8 heteroatoms. The van der Waals surface area contributed by atoms with Crippen molar-refractivity contribution < 1.29 is 24.5 Å². The highest BCUT2D eigenvalue weighted by Gasteiger charge is 2.36. The smallest absolute Gasteiger partial charge is 0.263 e. The molecule has 1 saturated heterocycles. The van der Waals surface area contributed by atoms with Crippen molar-refractivity contribution >= 4 is 5.91 Å². The topological polar surface area (TPSA) is 105 Å². The van der Waals surface area contributed by atoms with E-state index in [9.17, 15) is 15.0 Å². The van der Waals surface area contributed by atoms with Gasteiger partial charge in [0.05, 0.1) is 42.8 Å². The highest BCUT2D eigenvalue weighted by Crippen LogP contribution is 2.48. The summed E-state index contributed by atoms with van der Waals surface area (Å²) < 4.78 is 11.2. The van der Waals surface area contributed by atoms with Gasteiger partial charge in [0.15, 0.2) is 0 Å². The van der Waals surface area contributed by atoms with Gasteiger partial charge in [-0.2, -0.15) is 0 Å². The van der Waals surface area contributed by atoms with Crippen LogP contribution in [0.2, 0.25) is 0 Å². The number of aryl methyl sites for hydroxylation is 1. The standard InChI is InChI=1S/C27H31N3O5/c1-4-5-10-18-22(23-20(34-2)13-8-14-21(23)35-3)25(31)24(26(32)29-18)27(33)30-16-9-12-19(30)17-11-6-7-15-28-17/h6-8,11,13-15,19H,4-5,9-10,12,16H2,1-3H3,(H2,29,31,32). The minimum atomic E-state index is -0.488. The van der Waals surface area contributed by atoms with Gasteiger partial charge in [-0.3, -0.25) is 9.78 Å². The molecule has 0 spiro atoms. The van der Waals surface area contributed by atoms with Gasteiger partial charge < -0.3 is 24.6 Å². The van der Waals surface area contributed by atoms with Crippen LogP contribution in [0, 0.1) is 0 Å². The Bertz CT molecular complexity index is 1180. The third-order valence-electron chi connectivity index (χ3n) is 6.43. The number of methoxy groups -OCH3 is 2. The van der Waals surface area contributed by atoms with E-state index in [4.69, 9.17) is 9.47 Å². The molecule has 0 radical (unpaired) electrons. The fraction of sp³-hybridized carbons (Fsp3) is 0.370. The Morgan fingerprint density at radius 3 is 2.46 bits per heavy atom. The van der Waals surface area contributed by atoms with Gasteiger partial charge in [-0.1, -0.05) is 25.5 Å². The fourth-order valence-corrected chi connectivity index (χ4v) is 4.72. The first-order valence-corrected chi connectivity index (χ1v) is 11.9. The second-order valence-corrected chi connectivity index (χ2v) is 8.53. The summed E-state index contributed by atoms with van der Waals surface area (Å²) in [4.78, 5) is 24.2. The van der Waals surface area contributed by atoms with E-state index >= 15 is 0 Å². The zero-order chi connectivity index (χ0) is 24.9. The number of nitrogens with zero attached hydrogens (tertiary/aromatic N) is 3. The number of carbonyl (C=O) groups excluding carboxylic acids is 1. The average molecular weight is 478 g/mol. The van der Waals surface area contributed by atoms with Crippen LogP contribution in [0.5, 0.6) is 23.1 Å². The quantitative estimate of drug-likeness (QED) is 0.476. The number of rotatable bonds is 8. The molecule has 35 heavy (non-hydrogen) atoms. The maximum absolute atomic E-state index is 13.8. The van der Waals surface area contributed by atoms with Gasteiger partial charge in [0.25, 0.3) is 5.91 Å². The number of likely N-dealkylation sites (tertiary alicyclic amines) is 1. The Labute approximate surface area is 205 Å². The molecule has 1 aliphatic rings. The molecule has 1 aliphatic heterocycles. The molecule has 184 valence electrons. The number of carbonyl (C=O) groups is 1.